The normalized spacial score (nSPS) is 14.1. The van der Waals surface area contributed by atoms with Crippen LogP contribution < -0.4 is 4.90 Å². The van der Waals surface area contributed by atoms with Crippen LogP contribution in [0, 0.1) is 6.92 Å². The van der Waals surface area contributed by atoms with Crippen LogP contribution in [-0.4, -0.2) is 18.2 Å². The minimum atomic E-state index is 0.189. The second kappa shape index (κ2) is 4.27. The van der Waals surface area contributed by atoms with E-state index in [9.17, 15) is 4.79 Å². The summed E-state index contributed by atoms with van der Waals surface area (Å²) < 4.78 is 0. The summed E-state index contributed by atoms with van der Waals surface area (Å²) in [6.45, 7) is 2.88. The molecule has 0 spiro atoms. The molecule has 0 saturated heterocycles. The first-order valence-corrected chi connectivity index (χ1v) is 5.86. The van der Waals surface area contributed by atoms with Crippen molar-refractivity contribution in [3.63, 3.8) is 0 Å². The highest BCUT2D eigenvalue weighted by Gasteiger charge is 2.23. The van der Waals surface area contributed by atoms with Crippen molar-refractivity contribution in [1.29, 1.82) is 0 Å². The monoisotopic (exact) mass is 221 g/mol. The highest BCUT2D eigenvalue weighted by Crippen LogP contribution is 2.29. The third-order valence-corrected chi connectivity index (χ3v) is 2.99. The SMILES string of the molecule is Cc1ccc2c(c1)N(C(=O)CCS)CC2. The summed E-state index contributed by atoms with van der Waals surface area (Å²) in [5.41, 5.74) is 3.59. The van der Waals surface area contributed by atoms with E-state index < -0.39 is 0 Å². The Hall–Kier alpha value is -0.960. The zero-order chi connectivity index (χ0) is 10.8. The van der Waals surface area contributed by atoms with Crippen LogP contribution in [0.4, 0.5) is 5.69 Å². The van der Waals surface area contributed by atoms with Crippen LogP contribution in [0.3, 0.4) is 0 Å². The Morgan fingerprint density at radius 1 is 1.53 bits per heavy atom. The highest BCUT2D eigenvalue weighted by atomic mass is 32.1. The van der Waals surface area contributed by atoms with Crippen molar-refractivity contribution in [2.45, 2.75) is 19.8 Å². The number of anilines is 1. The minimum absolute atomic E-state index is 0.189. The molecule has 0 N–H and O–H groups in total. The molecule has 1 heterocycles. The van der Waals surface area contributed by atoms with Gasteiger partial charge in [0.1, 0.15) is 0 Å². The maximum atomic E-state index is 11.8. The lowest BCUT2D eigenvalue weighted by Crippen LogP contribution is -2.28. The van der Waals surface area contributed by atoms with Gasteiger partial charge in [0.05, 0.1) is 0 Å². The Bertz CT molecular complexity index is 389. The number of benzene rings is 1. The standard InChI is InChI=1S/C12H15NOS/c1-9-2-3-10-4-6-13(11(10)8-9)12(14)5-7-15/h2-3,8,15H,4-7H2,1H3. The van der Waals surface area contributed by atoms with Gasteiger partial charge in [0.2, 0.25) is 5.91 Å². The molecule has 1 aliphatic rings. The molecule has 0 fully saturated rings. The van der Waals surface area contributed by atoms with Crippen molar-refractivity contribution in [2.75, 3.05) is 17.2 Å². The summed E-state index contributed by atoms with van der Waals surface area (Å²) in [4.78, 5) is 13.7. The molecule has 0 aliphatic carbocycles. The molecule has 0 aromatic heterocycles. The Labute approximate surface area is 95.7 Å². The first-order valence-electron chi connectivity index (χ1n) is 5.23. The molecule has 1 aliphatic heterocycles. The van der Waals surface area contributed by atoms with E-state index in [1.54, 1.807) is 0 Å². The minimum Gasteiger partial charge on any atom is -0.312 e. The zero-order valence-electron chi connectivity index (χ0n) is 8.86. The number of rotatable bonds is 2. The predicted octanol–water partition coefficient (Wildman–Crippen LogP) is 2.20. The van der Waals surface area contributed by atoms with Gasteiger partial charge in [-0.2, -0.15) is 12.6 Å². The fraction of sp³-hybridized carbons (Fsp3) is 0.417. The lowest BCUT2D eigenvalue weighted by molar-refractivity contribution is -0.118. The number of nitrogens with zero attached hydrogens (tertiary/aromatic N) is 1. The average Bonchev–Trinajstić information content (AvgIpc) is 2.60. The summed E-state index contributed by atoms with van der Waals surface area (Å²) in [6.07, 6.45) is 1.50. The highest BCUT2D eigenvalue weighted by molar-refractivity contribution is 7.80. The third-order valence-electron chi connectivity index (χ3n) is 2.76. The summed E-state index contributed by atoms with van der Waals surface area (Å²) in [6, 6.07) is 6.32. The van der Waals surface area contributed by atoms with Crippen molar-refractivity contribution in [3.05, 3.63) is 29.3 Å². The largest absolute Gasteiger partial charge is 0.312 e. The number of hydrogen-bond donors (Lipinski definition) is 1. The molecule has 0 unspecified atom stereocenters. The first-order chi connectivity index (χ1) is 7.22. The van der Waals surface area contributed by atoms with E-state index >= 15 is 0 Å². The molecular weight excluding hydrogens is 206 g/mol. The Kier molecular flexibility index (Phi) is 3.00. The topological polar surface area (TPSA) is 20.3 Å². The van der Waals surface area contributed by atoms with Gasteiger partial charge in [-0.05, 0) is 36.3 Å². The number of thiol groups is 1. The molecule has 1 amide bonds. The molecule has 3 heteroatoms. The van der Waals surface area contributed by atoms with Gasteiger partial charge in [0.15, 0.2) is 0 Å². The number of aryl methyl sites for hydroxylation is 1. The maximum Gasteiger partial charge on any atom is 0.227 e. The fourth-order valence-electron chi connectivity index (χ4n) is 1.98. The van der Waals surface area contributed by atoms with E-state index in [0.29, 0.717) is 12.2 Å². The fourth-order valence-corrected chi connectivity index (χ4v) is 2.17. The number of amides is 1. The molecule has 0 saturated carbocycles. The van der Waals surface area contributed by atoms with Crippen molar-refractivity contribution >= 4 is 24.2 Å². The summed E-state index contributed by atoms with van der Waals surface area (Å²) in [5.74, 6) is 0.811. The number of carbonyl (C=O) groups is 1. The molecule has 0 bridgehead atoms. The first kappa shape index (κ1) is 10.6. The van der Waals surface area contributed by atoms with Gasteiger partial charge in [-0.1, -0.05) is 12.1 Å². The van der Waals surface area contributed by atoms with Crippen LogP contribution >= 0.6 is 12.6 Å². The summed E-state index contributed by atoms with van der Waals surface area (Å²) in [5, 5.41) is 0. The third kappa shape index (κ3) is 2.02. The Morgan fingerprint density at radius 2 is 2.33 bits per heavy atom. The quantitative estimate of drug-likeness (QED) is 0.759. The van der Waals surface area contributed by atoms with E-state index in [2.05, 4.69) is 37.8 Å². The van der Waals surface area contributed by atoms with Crippen molar-refractivity contribution < 1.29 is 4.79 Å². The summed E-state index contributed by atoms with van der Waals surface area (Å²) in [7, 11) is 0. The van der Waals surface area contributed by atoms with Crippen LogP contribution in [0.5, 0.6) is 0 Å². The Balaban J connectivity index is 2.27. The number of carbonyl (C=O) groups excluding carboxylic acids is 1. The van der Waals surface area contributed by atoms with Crippen molar-refractivity contribution in [3.8, 4) is 0 Å². The van der Waals surface area contributed by atoms with E-state index in [-0.39, 0.29) is 5.91 Å². The summed E-state index contributed by atoms with van der Waals surface area (Å²) >= 11 is 4.10. The van der Waals surface area contributed by atoms with E-state index in [1.165, 1.54) is 11.1 Å². The van der Waals surface area contributed by atoms with Crippen LogP contribution in [0.15, 0.2) is 18.2 Å². The second-order valence-corrected chi connectivity index (χ2v) is 4.35. The van der Waals surface area contributed by atoms with Crippen LogP contribution in [0.25, 0.3) is 0 Å². The number of hydrogen-bond acceptors (Lipinski definition) is 2. The molecule has 2 rings (SSSR count). The molecular formula is C12H15NOS. The molecule has 80 valence electrons. The lowest BCUT2D eigenvalue weighted by Gasteiger charge is -2.17. The van der Waals surface area contributed by atoms with Gasteiger partial charge in [0.25, 0.3) is 0 Å². The lowest BCUT2D eigenvalue weighted by atomic mass is 10.1. The number of fused-ring (bicyclic) bond motifs is 1. The van der Waals surface area contributed by atoms with Gasteiger partial charge in [-0.25, -0.2) is 0 Å². The zero-order valence-corrected chi connectivity index (χ0v) is 9.76. The second-order valence-electron chi connectivity index (χ2n) is 3.90. The Morgan fingerprint density at radius 3 is 3.07 bits per heavy atom. The van der Waals surface area contributed by atoms with Crippen molar-refractivity contribution in [2.24, 2.45) is 0 Å². The van der Waals surface area contributed by atoms with Gasteiger partial charge in [-0.3, -0.25) is 4.79 Å². The van der Waals surface area contributed by atoms with Gasteiger partial charge in [-0.15, -0.1) is 0 Å². The van der Waals surface area contributed by atoms with Crippen LogP contribution in [0.1, 0.15) is 17.5 Å². The molecule has 15 heavy (non-hydrogen) atoms. The van der Waals surface area contributed by atoms with E-state index in [4.69, 9.17) is 0 Å². The van der Waals surface area contributed by atoms with Gasteiger partial charge in [0, 0.05) is 18.7 Å². The molecule has 1 aromatic carbocycles. The van der Waals surface area contributed by atoms with Gasteiger partial charge >= 0.3 is 0 Å². The molecule has 0 atom stereocenters. The van der Waals surface area contributed by atoms with E-state index in [1.807, 2.05) is 4.90 Å². The van der Waals surface area contributed by atoms with Crippen LogP contribution in [0.2, 0.25) is 0 Å². The van der Waals surface area contributed by atoms with Gasteiger partial charge < -0.3 is 4.90 Å². The molecule has 1 aromatic rings. The molecule has 0 radical (unpaired) electrons. The van der Waals surface area contributed by atoms with Crippen molar-refractivity contribution in [1.82, 2.24) is 0 Å². The average molecular weight is 221 g/mol. The maximum absolute atomic E-state index is 11.8. The van der Waals surface area contributed by atoms with Crippen LogP contribution in [-0.2, 0) is 11.2 Å². The predicted molar refractivity (Wildman–Crippen MR) is 65.7 cm³/mol. The molecule has 2 nitrogen and oxygen atoms in total. The smallest absolute Gasteiger partial charge is 0.227 e. The van der Waals surface area contributed by atoms with E-state index in [0.717, 1.165) is 18.7 Å².